The molecule has 2 aromatic carbocycles. The molecule has 2 heterocycles. The highest BCUT2D eigenvalue weighted by atomic mass is 16.6. The molecular weight excluding hydrogens is 804 g/mol. The number of rotatable bonds is 14. The highest BCUT2D eigenvalue weighted by molar-refractivity contribution is 5.81. The van der Waals surface area contributed by atoms with Crippen molar-refractivity contribution >= 4 is 46.9 Å². The Labute approximate surface area is 337 Å². The zero-order valence-corrected chi connectivity index (χ0v) is 32.5. The Kier molecular flexibility index (Phi) is 14.6. The van der Waals surface area contributed by atoms with Gasteiger partial charge in [0, 0.05) is 43.1 Å². The van der Waals surface area contributed by atoms with Crippen molar-refractivity contribution in [2.45, 2.75) is 77.7 Å². The quantitative estimate of drug-likeness (QED) is 0.101. The van der Waals surface area contributed by atoms with E-state index >= 15 is 0 Å². The summed E-state index contributed by atoms with van der Waals surface area (Å²) in [6.45, 7) is 9.73. The Hall–Kier alpha value is -8.06. The number of carboxylic acid groups (broad SMARTS) is 2. The van der Waals surface area contributed by atoms with E-state index in [1.807, 2.05) is 0 Å². The lowest BCUT2D eigenvalue weighted by Crippen LogP contribution is -2.44. The van der Waals surface area contributed by atoms with E-state index in [9.17, 15) is 69.8 Å². The van der Waals surface area contributed by atoms with Gasteiger partial charge >= 0.3 is 24.1 Å². The number of aromatic nitrogens is 4. The lowest BCUT2D eigenvalue weighted by atomic mass is 10.1. The molecule has 60 heavy (non-hydrogen) atoms. The summed E-state index contributed by atoms with van der Waals surface area (Å²) >= 11 is 0. The molecule has 0 spiro atoms. The minimum Gasteiger partial charge on any atom is -0.480 e. The maximum atomic E-state index is 11.9. The van der Waals surface area contributed by atoms with E-state index in [1.54, 1.807) is 41.5 Å². The maximum absolute atomic E-state index is 11.9. The lowest BCUT2D eigenvalue weighted by Gasteiger charge is -2.22. The minimum atomic E-state index is -1.41. The number of alkyl carbamates (subject to hydrolysis) is 2. The predicted octanol–water partition coefficient (Wildman–Crippen LogP) is 4.42. The van der Waals surface area contributed by atoms with Gasteiger partial charge in [-0.2, -0.15) is 0 Å². The van der Waals surface area contributed by atoms with Crippen molar-refractivity contribution < 1.29 is 58.6 Å². The number of carbonyl (C=O) groups excluding carboxylic acids is 2. The van der Waals surface area contributed by atoms with Crippen LogP contribution in [0.4, 0.5) is 32.3 Å². The summed E-state index contributed by atoms with van der Waals surface area (Å²) in [5.74, 6) is -2.68. The summed E-state index contributed by atoms with van der Waals surface area (Å²) in [5.41, 5.74) is -3.25. The van der Waals surface area contributed by atoms with Crippen LogP contribution in [-0.2, 0) is 31.9 Å². The molecule has 2 amide bonds. The van der Waals surface area contributed by atoms with Gasteiger partial charge < -0.3 is 30.3 Å². The predicted molar refractivity (Wildman–Crippen MR) is 203 cm³/mol. The van der Waals surface area contributed by atoms with E-state index in [2.05, 4.69) is 20.6 Å². The van der Waals surface area contributed by atoms with Crippen molar-refractivity contribution in [1.82, 2.24) is 29.7 Å². The van der Waals surface area contributed by atoms with Crippen LogP contribution in [-0.4, -0.2) is 96.4 Å². The molecule has 26 heteroatoms. The molecule has 0 aliphatic rings. The molecule has 0 aliphatic carbocycles. The fourth-order valence-corrected chi connectivity index (χ4v) is 4.97. The number of hydrogen-bond donors (Lipinski definition) is 4. The Bertz CT molecular complexity index is 2310. The van der Waals surface area contributed by atoms with Crippen LogP contribution in [0.15, 0.2) is 61.4 Å². The van der Waals surface area contributed by atoms with Gasteiger partial charge in [-0.1, -0.05) is 0 Å². The normalized spacial score (nSPS) is 12.1. The number of nitro benzene ring substituents is 4. The maximum Gasteiger partial charge on any atom is 0.408 e. The number of ether oxygens (including phenoxy) is 2. The minimum absolute atomic E-state index is 0.0105. The van der Waals surface area contributed by atoms with Gasteiger partial charge in [0.2, 0.25) is 0 Å². The Morgan fingerprint density at radius 1 is 0.700 bits per heavy atom. The molecule has 26 nitrogen and oxygen atoms in total. The van der Waals surface area contributed by atoms with Crippen LogP contribution in [0, 0.1) is 40.5 Å². The molecule has 0 unspecified atom stereocenters. The van der Waals surface area contributed by atoms with Crippen molar-refractivity contribution in [3.05, 3.63) is 113 Å². The number of hydrogen-bond acceptors (Lipinski definition) is 16. The van der Waals surface area contributed by atoms with E-state index in [4.69, 9.17) is 9.47 Å². The topological polar surface area (TPSA) is 359 Å². The van der Waals surface area contributed by atoms with Crippen LogP contribution >= 0.6 is 0 Å². The van der Waals surface area contributed by atoms with Crippen LogP contribution in [0.3, 0.4) is 0 Å². The molecule has 0 aliphatic heterocycles. The smallest absolute Gasteiger partial charge is 0.408 e. The van der Waals surface area contributed by atoms with Gasteiger partial charge in [-0.15, -0.1) is 0 Å². The van der Waals surface area contributed by atoms with E-state index in [-0.39, 0.29) is 35.6 Å². The molecule has 320 valence electrons. The second kappa shape index (κ2) is 18.9. The van der Waals surface area contributed by atoms with Crippen molar-refractivity contribution in [1.29, 1.82) is 0 Å². The zero-order chi connectivity index (χ0) is 45.3. The van der Waals surface area contributed by atoms with Gasteiger partial charge in [-0.25, -0.2) is 29.1 Å². The molecule has 0 radical (unpaired) electrons. The van der Waals surface area contributed by atoms with Gasteiger partial charge in [-0.3, -0.25) is 49.6 Å². The Balaban J connectivity index is 0.000000320. The highest BCUT2D eigenvalue weighted by Crippen LogP contribution is 2.30. The van der Waals surface area contributed by atoms with Crippen molar-refractivity contribution in [3.63, 3.8) is 0 Å². The molecule has 0 bridgehead atoms. The molecule has 4 rings (SSSR count). The third-order valence-corrected chi connectivity index (χ3v) is 7.43. The summed E-state index contributed by atoms with van der Waals surface area (Å²) in [7, 11) is 0. The van der Waals surface area contributed by atoms with Gasteiger partial charge in [0.05, 0.1) is 50.2 Å². The Morgan fingerprint density at radius 3 is 1.58 bits per heavy atom. The van der Waals surface area contributed by atoms with Gasteiger partial charge in [0.25, 0.3) is 22.7 Å². The number of imidazole rings is 2. The number of carboxylic acids is 2. The molecule has 0 saturated carbocycles. The first-order valence-electron chi connectivity index (χ1n) is 17.1. The van der Waals surface area contributed by atoms with Gasteiger partial charge in [0.15, 0.2) is 0 Å². The van der Waals surface area contributed by atoms with E-state index in [0.29, 0.717) is 0 Å². The van der Waals surface area contributed by atoms with Crippen molar-refractivity contribution in [3.8, 4) is 11.4 Å². The summed E-state index contributed by atoms with van der Waals surface area (Å²) < 4.78 is 12.6. The average Bonchev–Trinajstić information content (AvgIpc) is 3.78. The summed E-state index contributed by atoms with van der Waals surface area (Å²) in [6, 6.07) is 3.40. The summed E-state index contributed by atoms with van der Waals surface area (Å²) in [6.07, 6.45) is 2.66. The van der Waals surface area contributed by atoms with E-state index < -0.39 is 89.9 Å². The second-order valence-electron chi connectivity index (χ2n) is 14.4. The van der Waals surface area contributed by atoms with E-state index in [0.717, 1.165) is 24.3 Å². The summed E-state index contributed by atoms with van der Waals surface area (Å²) in [5, 5.41) is 67.7. The molecule has 2 atom stereocenters. The van der Waals surface area contributed by atoms with Crippen molar-refractivity contribution in [2.75, 3.05) is 0 Å². The molecule has 4 aromatic rings. The average molecular weight is 843 g/mol. The molecule has 2 aromatic heterocycles. The molecule has 4 N–H and O–H groups in total. The summed E-state index contributed by atoms with van der Waals surface area (Å²) in [4.78, 5) is 96.1. The molecular formula is C34H38N10O16. The van der Waals surface area contributed by atoms with Crippen LogP contribution in [0.5, 0.6) is 0 Å². The Morgan fingerprint density at radius 2 is 1.15 bits per heavy atom. The number of carbonyl (C=O) groups is 4. The molecule has 0 fully saturated rings. The van der Waals surface area contributed by atoms with Crippen molar-refractivity contribution in [2.24, 2.45) is 0 Å². The fourth-order valence-electron chi connectivity index (χ4n) is 4.97. The number of nitrogens with zero attached hydrogens (tertiary/aromatic N) is 8. The largest absolute Gasteiger partial charge is 0.480 e. The zero-order valence-electron chi connectivity index (χ0n) is 32.5. The van der Waals surface area contributed by atoms with Gasteiger partial charge in [-0.05, 0) is 53.7 Å². The van der Waals surface area contributed by atoms with Crippen LogP contribution in [0.1, 0.15) is 52.9 Å². The van der Waals surface area contributed by atoms with Crippen LogP contribution < -0.4 is 10.6 Å². The van der Waals surface area contributed by atoms with Gasteiger partial charge in [0.1, 0.15) is 34.7 Å². The number of benzene rings is 2. The molecule has 0 saturated heterocycles. The number of nitrogens with one attached hydrogen (secondary N) is 2. The fraction of sp³-hybridized carbons (Fsp3) is 0.353. The third-order valence-electron chi connectivity index (χ3n) is 7.43. The number of nitro groups is 4. The first-order chi connectivity index (χ1) is 27.8. The number of amides is 2. The second-order valence-corrected chi connectivity index (χ2v) is 14.4. The standard InChI is InChI=1S/2C17H19N5O8/c1-17(2,3)30-16(25)19-12(15(23)24)6-10-8-20(9-18-10)13-5-4-11(21(26)27)7-14(13)22(28)29;1-17(2,3)30-16(25)19-12(15(23)24)6-11-8-18-9-20(11)13-5-4-10(21(26)27)7-14(13)22(28)29/h2*4-5,7-9,12H,6H2,1-3H3,(H,19,25)(H,23,24)/t2*12-/m11/s1. The monoisotopic (exact) mass is 842 g/mol. The highest BCUT2D eigenvalue weighted by Gasteiger charge is 2.29. The lowest BCUT2D eigenvalue weighted by molar-refractivity contribution is -0.394. The number of non-ortho nitro benzene ring substituents is 2. The number of aliphatic carboxylic acids is 2. The first kappa shape index (κ1) is 46.3. The van der Waals surface area contributed by atoms with Crippen LogP contribution in [0.25, 0.3) is 11.4 Å². The van der Waals surface area contributed by atoms with E-state index in [1.165, 1.54) is 46.3 Å². The SMILES string of the molecule is CC(C)(C)OC(=O)N[C@H](Cc1cn(-c2ccc([N+](=O)[O-])cc2[N+](=O)[O-])cn1)C(=O)O.CC(C)(C)OC(=O)N[C@H](Cc1cncn1-c1ccc([N+](=O)[O-])cc1[N+](=O)[O-])C(=O)O. The first-order valence-corrected chi connectivity index (χ1v) is 17.1. The third kappa shape index (κ3) is 13.3. The van der Waals surface area contributed by atoms with Crippen LogP contribution in [0.2, 0.25) is 0 Å².